The summed E-state index contributed by atoms with van der Waals surface area (Å²) >= 11 is 5.76. The van der Waals surface area contributed by atoms with Crippen LogP contribution in [0.1, 0.15) is 42.5 Å². The van der Waals surface area contributed by atoms with Gasteiger partial charge in [0.05, 0.1) is 16.7 Å². The van der Waals surface area contributed by atoms with Crippen molar-refractivity contribution in [1.82, 2.24) is 5.32 Å². The molecule has 0 spiro atoms. The van der Waals surface area contributed by atoms with Gasteiger partial charge in [-0.25, -0.2) is 9.18 Å². The van der Waals surface area contributed by atoms with Crippen LogP contribution in [0.5, 0.6) is 0 Å². The van der Waals surface area contributed by atoms with Crippen molar-refractivity contribution in [3.05, 3.63) is 34.6 Å². The van der Waals surface area contributed by atoms with Crippen molar-refractivity contribution in [2.45, 2.75) is 37.6 Å². The Morgan fingerprint density at radius 1 is 1.35 bits per heavy atom. The first-order chi connectivity index (χ1) is 11.0. The highest BCUT2D eigenvalue weighted by Gasteiger charge is 2.33. The van der Waals surface area contributed by atoms with Crippen molar-refractivity contribution in [2.75, 3.05) is 6.61 Å². The van der Waals surface area contributed by atoms with E-state index in [1.807, 2.05) is 0 Å². The third-order valence-corrected chi connectivity index (χ3v) is 4.10. The van der Waals surface area contributed by atoms with E-state index in [4.69, 9.17) is 16.3 Å². The highest BCUT2D eigenvalue weighted by atomic mass is 35.5. The quantitative estimate of drug-likeness (QED) is 0.856. The van der Waals surface area contributed by atoms with Gasteiger partial charge in [-0.2, -0.15) is 5.26 Å². The van der Waals surface area contributed by atoms with Crippen LogP contribution in [-0.4, -0.2) is 24.0 Å². The summed E-state index contributed by atoms with van der Waals surface area (Å²) in [6.07, 6.45) is 3.97. The van der Waals surface area contributed by atoms with Crippen LogP contribution in [0.25, 0.3) is 0 Å². The van der Waals surface area contributed by atoms with Crippen LogP contribution in [0.2, 0.25) is 5.02 Å². The summed E-state index contributed by atoms with van der Waals surface area (Å²) in [6.45, 7) is -0.518. The molecule has 1 saturated carbocycles. The molecule has 2 rings (SSSR count). The van der Waals surface area contributed by atoms with Gasteiger partial charge in [-0.1, -0.05) is 30.9 Å². The highest BCUT2D eigenvalue weighted by Crippen LogP contribution is 2.27. The molecule has 1 fully saturated rings. The van der Waals surface area contributed by atoms with Crippen LogP contribution < -0.4 is 5.32 Å². The van der Waals surface area contributed by atoms with Crippen LogP contribution in [0.3, 0.4) is 0 Å². The number of esters is 1. The largest absolute Gasteiger partial charge is 0.452 e. The molecule has 0 saturated heterocycles. The average molecular weight is 339 g/mol. The molecule has 0 radical (unpaired) electrons. The van der Waals surface area contributed by atoms with Gasteiger partial charge in [-0.05, 0) is 31.0 Å². The number of carbonyl (C=O) groups is 2. The molecular formula is C16H16ClFN2O3. The maximum atomic E-state index is 12.9. The number of ether oxygens (including phenoxy) is 1. The average Bonchev–Trinajstić information content (AvgIpc) is 2.53. The lowest BCUT2D eigenvalue weighted by molar-refractivity contribution is -0.125. The Hall–Kier alpha value is -2.13. The predicted molar refractivity (Wildman–Crippen MR) is 81.3 cm³/mol. The van der Waals surface area contributed by atoms with Gasteiger partial charge in [-0.3, -0.25) is 4.79 Å². The van der Waals surface area contributed by atoms with Gasteiger partial charge in [0, 0.05) is 0 Å². The van der Waals surface area contributed by atoms with Crippen molar-refractivity contribution in [3.63, 3.8) is 0 Å². The smallest absolute Gasteiger partial charge is 0.340 e. The maximum absolute atomic E-state index is 12.9. The zero-order valence-corrected chi connectivity index (χ0v) is 13.2. The first kappa shape index (κ1) is 17.2. The summed E-state index contributed by atoms with van der Waals surface area (Å²) in [5, 5.41) is 11.8. The first-order valence-electron chi connectivity index (χ1n) is 7.30. The summed E-state index contributed by atoms with van der Waals surface area (Å²) in [5.74, 6) is -1.93. The molecule has 1 N–H and O–H groups in total. The van der Waals surface area contributed by atoms with Gasteiger partial charge >= 0.3 is 5.97 Å². The number of halogens is 2. The second kappa shape index (κ2) is 7.42. The van der Waals surface area contributed by atoms with Crippen molar-refractivity contribution in [1.29, 1.82) is 5.26 Å². The van der Waals surface area contributed by atoms with E-state index in [2.05, 4.69) is 11.4 Å². The number of nitrogens with one attached hydrogen (secondary N) is 1. The second-order valence-electron chi connectivity index (χ2n) is 5.50. The zero-order valence-electron chi connectivity index (χ0n) is 12.4. The minimum atomic E-state index is -0.880. The summed E-state index contributed by atoms with van der Waals surface area (Å²) in [5.41, 5.74) is -0.900. The Balaban J connectivity index is 1.91. The monoisotopic (exact) mass is 338 g/mol. The number of rotatable bonds is 4. The van der Waals surface area contributed by atoms with Crippen LogP contribution >= 0.6 is 11.6 Å². The zero-order chi connectivity index (χ0) is 16.9. The molecule has 0 aliphatic heterocycles. The van der Waals surface area contributed by atoms with E-state index in [9.17, 15) is 19.2 Å². The SMILES string of the molecule is N#CC1(NC(=O)COC(=O)c2ccc(F)cc2Cl)CCCCC1. The normalized spacial score (nSPS) is 16.2. The van der Waals surface area contributed by atoms with E-state index in [0.717, 1.165) is 31.4 Å². The molecule has 1 amide bonds. The van der Waals surface area contributed by atoms with Gasteiger partial charge in [0.1, 0.15) is 11.4 Å². The van der Waals surface area contributed by atoms with Crippen LogP contribution in [0.15, 0.2) is 18.2 Å². The van der Waals surface area contributed by atoms with Crippen LogP contribution in [0, 0.1) is 17.1 Å². The lowest BCUT2D eigenvalue weighted by atomic mass is 9.83. The Labute approximate surface area is 138 Å². The van der Waals surface area contributed by atoms with E-state index < -0.39 is 29.8 Å². The van der Waals surface area contributed by atoms with E-state index in [1.165, 1.54) is 6.07 Å². The number of nitrogens with zero attached hydrogens (tertiary/aromatic N) is 1. The van der Waals surface area contributed by atoms with Crippen LogP contribution in [-0.2, 0) is 9.53 Å². The van der Waals surface area contributed by atoms with Crippen LogP contribution in [0.4, 0.5) is 4.39 Å². The lowest BCUT2D eigenvalue weighted by Gasteiger charge is -2.31. The number of hydrogen-bond donors (Lipinski definition) is 1. The van der Waals surface area contributed by atoms with Gasteiger partial charge in [0.2, 0.25) is 0 Å². The minimum Gasteiger partial charge on any atom is -0.452 e. The summed E-state index contributed by atoms with van der Waals surface area (Å²) < 4.78 is 17.8. The van der Waals surface area contributed by atoms with E-state index in [1.54, 1.807) is 0 Å². The maximum Gasteiger partial charge on any atom is 0.340 e. The highest BCUT2D eigenvalue weighted by molar-refractivity contribution is 6.33. The number of carbonyl (C=O) groups excluding carboxylic acids is 2. The summed E-state index contributed by atoms with van der Waals surface area (Å²) in [7, 11) is 0. The number of amides is 1. The van der Waals surface area contributed by atoms with E-state index in [0.29, 0.717) is 12.8 Å². The fraction of sp³-hybridized carbons (Fsp3) is 0.438. The van der Waals surface area contributed by atoms with Crippen molar-refractivity contribution < 1.29 is 18.7 Å². The molecular weight excluding hydrogens is 323 g/mol. The standard InChI is InChI=1S/C16H16ClFN2O3/c17-13-8-11(18)4-5-12(13)15(22)23-9-14(21)20-16(10-19)6-2-1-3-7-16/h4-5,8H,1-3,6-7,9H2,(H,20,21). The third-order valence-electron chi connectivity index (χ3n) is 3.79. The third kappa shape index (κ3) is 4.42. The molecule has 1 aromatic carbocycles. The van der Waals surface area contributed by atoms with Gasteiger partial charge in [0.25, 0.3) is 5.91 Å². The fourth-order valence-electron chi connectivity index (χ4n) is 2.59. The molecule has 1 aliphatic rings. The van der Waals surface area contributed by atoms with Gasteiger partial charge in [-0.15, -0.1) is 0 Å². The van der Waals surface area contributed by atoms with Crippen molar-refractivity contribution in [3.8, 4) is 6.07 Å². The second-order valence-corrected chi connectivity index (χ2v) is 5.91. The molecule has 0 heterocycles. The number of nitriles is 1. The molecule has 0 bridgehead atoms. The Bertz CT molecular complexity index is 651. The molecule has 1 aliphatic carbocycles. The summed E-state index contributed by atoms with van der Waals surface area (Å²) in [6, 6.07) is 5.41. The minimum absolute atomic E-state index is 0.0199. The van der Waals surface area contributed by atoms with Gasteiger partial charge < -0.3 is 10.1 Å². The Morgan fingerprint density at radius 3 is 2.65 bits per heavy atom. The molecule has 7 heteroatoms. The molecule has 5 nitrogen and oxygen atoms in total. The van der Waals surface area contributed by atoms with E-state index >= 15 is 0 Å². The molecule has 0 unspecified atom stereocenters. The van der Waals surface area contributed by atoms with Crippen molar-refractivity contribution in [2.24, 2.45) is 0 Å². The number of benzene rings is 1. The Morgan fingerprint density at radius 2 is 2.04 bits per heavy atom. The van der Waals surface area contributed by atoms with Gasteiger partial charge in [0.15, 0.2) is 6.61 Å². The molecule has 23 heavy (non-hydrogen) atoms. The van der Waals surface area contributed by atoms with E-state index in [-0.39, 0.29) is 10.6 Å². The number of hydrogen-bond acceptors (Lipinski definition) is 4. The summed E-state index contributed by atoms with van der Waals surface area (Å²) in [4.78, 5) is 23.8. The molecule has 122 valence electrons. The van der Waals surface area contributed by atoms with Crippen molar-refractivity contribution >= 4 is 23.5 Å². The predicted octanol–water partition coefficient (Wildman–Crippen LogP) is 2.98. The molecule has 0 atom stereocenters. The fourth-order valence-corrected chi connectivity index (χ4v) is 2.83. The molecule has 1 aromatic rings. The topological polar surface area (TPSA) is 79.2 Å². The lowest BCUT2D eigenvalue weighted by Crippen LogP contribution is -2.50. The first-order valence-corrected chi connectivity index (χ1v) is 7.68. The molecule has 0 aromatic heterocycles. The Kier molecular flexibility index (Phi) is 5.56.